The number of allylic oxidation sites excluding steroid dienone is 1. The van der Waals surface area contributed by atoms with Crippen LogP contribution in [0.5, 0.6) is 0 Å². The molecular weight excluding hydrogens is 332 g/mol. The van der Waals surface area contributed by atoms with Crippen molar-refractivity contribution in [1.29, 1.82) is 0 Å². The van der Waals surface area contributed by atoms with Crippen molar-refractivity contribution in [2.45, 2.75) is 58.3 Å². The molecule has 0 radical (unpaired) electrons. The summed E-state index contributed by atoms with van der Waals surface area (Å²) < 4.78 is 17.2. The van der Waals surface area contributed by atoms with Crippen LogP contribution < -0.4 is 0 Å². The van der Waals surface area contributed by atoms with Gasteiger partial charge in [-0.05, 0) is 31.1 Å². The van der Waals surface area contributed by atoms with Gasteiger partial charge in [-0.2, -0.15) is 0 Å². The second-order valence-electron chi connectivity index (χ2n) is 7.40. The van der Waals surface area contributed by atoms with Crippen LogP contribution >= 0.6 is 0 Å². The molecule has 0 aromatic carbocycles. The number of carbonyl (C=O) groups is 2. The van der Waals surface area contributed by atoms with Gasteiger partial charge in [0.2, 0.25) is 0 Å². The van der Waals surface area contributed by atoms with Crippen molar-refractivity contribution < 1.29 is 23.8 Å². The first-order chi connectivity index (χ1) is 12.3. The van der Waals surface area contributed by atoms with E-state index in [4.69, 9.17) is 14.2 Å². The van der Waals surface area contributed by atoms with Gasteiger partial charge in [0.05, 0.1) is 11.8 Å². The first-order valence-corrected chi connectivity index (χ1v) is 9.14. The Hall–Kier alpha value is -2.30. The lowest BCUT2D eigenvalue weighted by Crippen LogP contribution is -2.34. The zero-order valence-electron chi connectivity index (χ0n) is 15.6. The van der Waals surface area contributed by atoms with E-state index >= 15 is 0 Å². The second kappa shape index (κ2) is 7.14. The third-order valence-electron chi connectivity index (χ3n) is 5.38. The first-order valence-electron chi connectivity index (χ1n) is 9.14. The summed E-state index contributed by atoms with van der Waals surface area (Å²) in [7, 11) is 0. The summed E-state index contributed by atoms with van der Waals surface area (Å²) in [6.07, 6.45) is 4.37. The smallest absolute Gasteiger partial charge is 0.334 e. The van der Waals surface area contributed by atoms with Gasteiger partial charge in [0, 0.05) is 18.4 Å². The molecule has 0 aromatic heterocycles. The molecule has 140 valence electrons. The van der Waals surface area contributed by atoms with Crippen LogP contribution in [-0.2, 0) is 23.8 Å². The van der Waals surface area contributed by atoms with Crippen molar-refractivity contribution in [2.75, 3.05) is 0 Å². The predicted octanol–water partition coefficient (Wildman–Crippen LogP) is 3.62. The number of fused-ring (bicyclic) bond motifs is 2. The molecule has 3 aliphatic rings. The molecule has 2 bridgehead atoms. The Bertz CT molecular complexity index is 714. The maximum absolute atomic E-state index is 12.4. The summed E-state index contributed by atoms with van der Waals surface area (Å²) in [5.41, 5.74) is 2.31. The molecule has 3 rings (SSSR count). The van der Waals surface area contributed by atoms with Crippen LogP contribution in [0.4, 0.5) is 0 Å². The summed E-state index contributed by atoms with van der Waals surface area (Å²) >= 11 is 0. The average Bonchev–Trinajstić information content (AvgIpc) is 3.05. The van der Waals surface area contributed by atoms with Crippen molar-refractivity contribution >= 4 is 11.9 Å². The maximum Gasteiger partial charge on any atom is 0.334 e. The number of hydrogen-bond acceptors (Lipinski definition) is 5. The van der Waals surface area contributed by atoms with E-state index in [0.29, 0.717) is 36.2 Å². The van der Waals surface area contributed by atoms with Gasteiger partial charge in [0.15, 0.2) is 0 Å². The van der Waals surface area contributed by atoms with E-state index in [9.17, 15) is 9.59 Å². The number of hydrogen-bond donors (Lipinski definition) is 0. The highest BCUT2D eigenvalue weighted by atomic mass is 16.6. The third kappa shape index (κ3) is 3.48. The topological polar surface area (TPSA) is 61.8 Å². The number of ether oxygens (including phenoxy) is 3. The van der Waals surface area contributed by atoms with E-state index in [-0.39, 0.29) is 36.0 Å². The summed E-state index contributed by atoms with van der Waals surface area (Å²) in [5, 5.41) is 0. The van der Waals surface area contributed by atoms with E-state index in [0.717, 1.165) is 5.57 Å². The molecule has 5 heteroatoms. The Morgan fingerprint density at radius 3 is 2.73 bits per heavy atom. The number of carbonyl (C=O) groups excluding carboxylic acids is 2. The zero-order valence-corrected chi connectivity index (χ0v) is 15.6. The second-order valence-corrected chi connectivity index (χ2v) is 7.40. The van der Waals surface area contributed by atoms with E-state index in [2.05, 4.69) is 13.2 Å². The van der Waals surface area contributed by atoms with E-state index < -0.39 is 6.10 Å². The Kier molecular flexibility index (Phi) is 5.08. The summed E-state index contributed by atoms with van der Waals surface area (Å²) in [6, 6.07) is 0. The fourth-order valence-electron chi connectivity index (χ4n) is 3.62. The molecule has 26 heavy (non-hydrogen) atoms. The summed E-state index contributed by atoms with van der Waals surface area (Å²) in [4.78, 5) is 24.6. The zero-order chi connectivity index (χ0) is 19.0. The van der Waals surface area contributed by atoms with Crippen LogP contribution in [0.1, 0.15) is 40.0 Å². The Labute approximate surface area is 154 Å². The molecule has 2 heterocycles. The van der Waals surface area contributed by atoms with Crippen LogP contribution in [0.3, 0.4) is 0 Å². The SMILES string of the molecule is C=C1OC2CC3=C[C@@H](C/C(C)=C/[C@@H](OC(=O)C(C)CC)[C@@H]2C1=C)OC3=O. The highest BCUT2D eigenvalue weighted by molar-refractivity contribution is 5.91. The molecule has 1 saturated heterocycles. The Balaban J connectivity index is 1.96. The molecule has 5 nitrogen and oxygen atoms in total. The lowest BCUT2D eigenvalue weighted by molar-refractivity contribution is -0.154. The minimum absolute atomic E-state index is 0.180. The Morgan fingerprint density at radius 2 is 2.04 bits per heavy atom. The third-order valence-corrected chi connectivity index (χ3v) is 5.38. The molecule has 0 N–H and O–H groups in total. The van der Waals surface area contributed by atoms with Gasteiger partial charge in [-0.3, -0.25) is 4.79 Å². The average molecular weight is 358 g/mol. The molecule has 5 atom stereocenters. The number of esters is 2. The Morgan fingerprint density at radius 1 is 1.31 bits per heavy atom. The normalized spacial score (nSPS) is 34.0. The van der Waals surface area contributed by atoms with Gasteiger partial charge in [-0.1, -0.05) is 32.6 Å². The van der Waals surface area contributed by atoms with Gasteiger partial charge in [-0.25, -0.2) is 4.79 Å². The molecule has 0 spiro atoms. The van der Waals surface area contributed by atoms with Crippen molar-refractivity contribution in [1.82, 2.24) is 0 Å². The largest absolute Gasteiger partial charge is 0.490 e. The molecule has 0 aromatic rings. The van der Waals surface area contributed by atoms with Crippen LogP contribution in [0.25, 0.3) is 0 Å². The molecule has 0 amide bonds. The van der Waals surface area contributed by atoms with E-state index in [1.807, 2.05) is 32.9 Å². The fraction of sp³-hybridized carbons (Fsp3) is 0.524. The van der Waals surface area contributed by atoms with Crippen LogP contribution in [0.2, 0.25) is 0 Å². The van der Waals surface area contributed by atoms with Gasteiger partial charge >= 0.3 is 11.9 Å². The lowest BCUT2D eigenvalue weighted by atomic mass is 9.85. The predicted molar refractivity (Wildman–Crippen MR) is 96.9 cm³/mol. The molecule has 0 saturated carbocycles. The van der Waals surface area contributed by atoms with Crippen molar-refractivity contribution in [3.63, 3.8) is 0 Å². The summed E-state index contributed by atoms with van der Waals surface area (Å²) in [6.45, 7) is 13.8. The minimum atomic E-state index is -0.499. The maximum atomic E-state index is 12.4. The van der Waals surface area contributed by atoms with Gasteiger partial charge in [0.1, 0.15) is 24.1 Å². The minimum Gasteiger partial charge on any atom is -0.490 e. The van der Waals surface area contributed by atoms with E-state index in [1.54, 1.807) is 0 Å². The quantitative estimate of drug-likeness (QED) is 0.570. The van der Waals surface area contributed by atoms with Gasteiger partial charge < -0.3 is 14.2 Å². The summed E-state index contributed by atoms with van der Waals surface area (Å²) in [5.74, 6) is -0.504. The fourth-order valence-corrected chi connectivity index (χ4v) is 3.62. The van der Waals surface area contributed by atoms with Gasteiger partial charge in [-0.15, -0.1) is 0 Å². The van der Waals surface area contributed by atoms with E-state index in [1.165, 1.54) is 0 Å². The lowest BCUT2D eigenvalue weighted by Gasteiger charge is -2.27. The van der Waals surface area contributed by atoms with Crippen LogP contribution in [0.15, 0.2) is 47.8 Å². The first kappa shape index (κ1) is 18.5. The molecule has 2 aliphatic heterocycles. The standard InChI is InChI=1S/C21H26O5/c1-6-12(3)20(22)26-17-8-11(2)7-16-9-15(21(23)25-16)10-18-19(17)13(4)14(5)24-18/h8-9,12,16-19H,4-7,10H2,1-3H3/b11-8+/t12?,16-,17-,18?,19+/m1/s1. The molecule has 1 fully saturated rings. The monoisotopic (exact) mass is 358 g/mol. The van der Waals surface area contributed by atoms with Crippen molar-refractivity contribution in [3.8, 4) is 0 Å². The highest BCUT2D eigenvalue weighted by Gasteiger charge is 2.44. The van der Waals surface area contributed by atoms with Crippen molar-refractivity contribution in [3.05, 3.63) is 47.8 Å². The molecule has 1 aliphatic carbocycles. The number of rotatable bonds is 3. The highest BCUT2D eigenvalue weighted by Crippen LogP contribution is 2.42. The molecular formula is C21H26O5. The van der Waals surface area contributed by atoms with Crippen LogP contribution in [-0.4, -0.2) is 30.3 Å². The van der Waals surface area contributed by atoms with Crippen LogP contribution in [0, 0.1) is 11.8 Å². The van der Waals surface area contributed by atoms with Crippen molar-refractivity contribution in [2.24, 2.45) is 11.8 Å². The van der Waals surface area contributed by atoms with Gasteiger partial charge in [0.25, 0.3) is 0 Å². The molecule has 2 unspecified atom stereocenters.